The van der Waals surface area contributed by atoms with Gasteiger partial charge in [-0.3, -0.25) is 24.5 Å². The molecule has 6 rings (SSSR count). The Morgan fingerprint density at radius 2 is 1.56 bits per heavy atom. The Bertz CT molecular complexity index is 1330. The first-order valence-corrected chi connectivity index (χ1v) is 14.7. The van der Waals surface area contributed by atoms with Gasteiger partial charge < -0.3 is 24.9 Å². The smallest absolute Gasteiger partial charge is 0.255 e. The number of rotatable bonds is 6. The quantitative estimate of drug-likeness (QED) is 0.522. The van der Waals surface area contributed by atoms with E-state index in [4.69, 9.17) is 0 Å². The van der Waals surface area contributed by atoms with Crippen LogP contribution in [0.2, 0.25) is 0 Å². The molecule has 3 saturated heterocycles. The number of amides is 4. The number of hydrogen-bond acceptors (Lipinski definition) is 7. The lowest BCUT2D eigenvalue weighted by molar-refractivity contribution is -0.136. The highest BCUT2D eigenvalue weighted by atomic mass is 16.2. The fourth-order valence-corrected chi connectivity index (χ4v) is 6.55. The van der Waals surface area contributed by atoms with Gasteiger partial charge in [-0.05, 0) is 86.3 Å². The number of hydrogen-bond donors (Lipinski definition) is 2. The van der Waals surface area contributed by atoms with E-state index < -0.39 is 6.04 Å². The summed E-state index contributed by atoms with van der Waals surface area (Å²) in [6, 6.07) is 13.3. The van der Waals surface area contributed by atoms with Crippen LogP contribution in [0.5, 0.6) is 0 Å². The average molecular weight is 559 g/mol. The molecule has 10 heteroatoms. The Labute approximate surface area is 240 Å². The summed E-state index contributed by atoms with van der Waals surface area (Å²) in [7, 11) is 1.90. The largest absolute Gasteiger partial charge is 0.368 e. The van der Waals surface area contributed by atoms with Crippen LogP contribution in [0, 0.1) is 5.92 Å². The van der Waals surface area contributed by atoms with Crippen LogP contribution >= 0.6 is 0 Å². The maximum atomic E-state index is 13.0. The molecule has 3 fully saturated rings. The van der Waals surface area contributed by atoms with Crippen molar-refractivity contribution in [3.63, 3.8) is 0 Å². The molecule has 0 aliphatic carbocycles. The molecule has 2 N–H and O–H groups in total. The lowest BCUT2D eigenvalue weighted by Crippen LogP contribution is -2.52. The van der Waals surface area contributed by atoms with Crippen LogP contribution in [0.25, 0.3) is 0 Å². The first-order chi connectivity index (χ1) is 19.9. The van der Waals surface area contributed by atoms with Crippen molar-refractivity contribution in [2.45, 2.75) is 38.3 Å². The molecular formula is C31H38N6O4. The summed E-state index contributed by atoms with van der Waals surface area (Å²) >= 11 is 0. The fraction of sp³-hybridized carbons (Fsp3) is 0.484. The number of nitrogens with one attached hydrogen (secondary N) is 2. The minimum Gasteiger partial charge on any atom is -0.368 e. The van der Waals surface area contributed by atoms with Crippen LogP contribution in [0.4, 0.5) is 11.4 Å². The molecule has 0 spiro atoms. The highest BCUT2D eigenvalue weighted by Gasteiger charge is 2.39. The van der Waals surface area contributed by atoms with E-state index in [1.54, 1.807) is 4.90 Å². The Morgan fingerprint density at radius 3 is 2.24 bits per heavy atom. The number of piperidine rings is 2. The minimum atomic E-state index is -0.601. The predicted octanol–water partition coefficient (Wildman–Crippen LogP) is 1.85. The summed E-state index contributed by atoms with van der Waals surface area (Å²) < 4.78 is 0. The normalized spacial score (nSPS) is 21.6. The van der Waals surface area contributed by atoms with E-state index in [0.717, 1.165) is 81.2 Å². The molecule has 2 aromatic rings. The van der Waals surface area contributed by atoms with E-state index in [0.29, 0.717) is 24.4 Å². The number of piperazine rings is 1. The van der Waals surface area contributed by atoms with Crippen molar-refractivity contribution >= 4 is 35.0 Å². The van der Waals surface area contributed by atoms with Gasteiger partial charge in [-0.2, -0.15) is 0 Å². The summed E-state index contributed by atoms with van der Waals surface area (Å²) in [5, 5.41) is 5.74. The predicted molar refractivity (Wildman–Crippen MR) is 156 cm³/mol. The molecule has 216 valence electrons. The first kappa shape index (κ1) is 27.3. The van der Waals surface area contributed by atoms with Gasteiger partial charge in [0, 0.05) is 75.2 Å². The number of carbonyl (C=O) groups is 4. The van der Waals surface area contributed by atoms with E-state index >= 15 is 0 Å². The van der Waals surface area contributed by atoms with E-state index in [1.165, 1.54) is 0 Å². The van der Waals surface area contributed by atoms with Crippen molar-refractivity contribution in [3.05, 3.63) is 59.2 Å². The molecule has 1 unspecified atom stereocenters. The van der Waals surface area contributed by atoms with Crippen LogP contribution in [-0.4, -0.2) is 92.3 Å². The second-order valence-corrected chi connectivity index (χ2v) is 11.6. The van der Waals surface area contributed by atoms with E-state index in [1.807, 2.05) is 48.3 Å². The molecule has 4 heterocycles. The Kier molecular flexibility index (Phi) is 7.66. The summed E-state index contributed by atoms with van der Waals surface area (Å²) in [6.07, 6.45) is 2.85. The summed E-state index contributed by atoms with van der Waals surface area (Å²) in [4.78, 5) is 58.0. The fourth-order valence-electron chi connectivity index (χ4n) is 6.55. The maximum Gasteiger partial charge on any atom is 0.255 e. The molecule has 0 bridgehead atoms. The molecular weight excluding hydrogens is 520 g/mol. The lowest BCUT2D eigenvalue weighted by Gasteiger charge is -2.37. The second kappa shape index (κ2) is 11.5. The van der Waals surface area contributed by atoms with Gasteiger partial charge in [0.15, 0.2) is 0 Å². The molecule has 4 aliphatic heterocycles. The third-order valence-corrected chi connectivity index (χ3v) is 8.97. The number of benzene rings is 2. The van der Waals surface area contributed by atoms with Crippen LogP contribution in [0.15, 0.2) is 42.5 Å². The molecule has 0 saturated carbocycles. The maximum absolute atomic E-state index is 13.0. The standard InChI is InChI=1S/C31H38N6O4/c1-34(19-21-10-12-32-13-11-21)30(40)22-2-4-24(5-3-22)35-14-16-36(17-15-35)25-6-7-26-23(18-25)20-37(31(26)41)27-8-9-28(38)33-29(27)39/h2-7,18,21,27,32H,8-17,19-20H2,1H3,(H,33,38,39). The molecule has 2 aromatic carbocycles. The minimum absolute atomic E-state index is 0.0752. The van der Waals surface area contributed by atoms with Crippen molar-refractivity contribution in [1.29, 1.82) is 0 Å². The third kappa shape index (κ3) is 5.66. The van der Waals surface area contributed by atoms with Crippen LogP contribution in [-0.2, 0) is 16.1 Å². The zero-order chi connectivity index (χ0) is 28.5. The first-order valence-electron chi connectivity index (χ1n) is 14.7. The number of anilines is 2. The lowest BCUT2D eigenvalue weighted by atomic mass is 9.97. The van der Waals surface area contributed by atoms with Crippen molar-refractivity contribution in [2.75, 3.05) is 62.7 Å². The molecule has 10 nitrogen and oxygen atoms in total. The van der Waals surface area contributed by atoms with Gasteiger partial charge >= 0.3 is 0 Å². The van der Waals surface area contributed by atoms with Crippen molar-refractivity contribution < 1.29 is 19.2 Å². The van der Waals surface area contributed by atoms with Gasteiger partial charge in [0.25, 0.3) is 11.8 Å². The molecule has 1 atom stereocenters. The van der Waals surface area contributed by atoms with E-state index in [-0.39, 0.29) is 30.0 Å². The van der Waals surface area contributed by atoms with Crippen LogP contribution < -0.4 is 20.4 Å². The highest BCUT2D eigenvalue weighted by Crippen LogP contribution is 2.31. The SMILES string of the molecule is CN(CC1CCNCC1)C(=O)c1ccc(N2CCN(c3ccc4c(c3)CN(C3CCC(=O)NC3=O)C4=O)CC2)cc1. The highest BCUT2D eigenvalue weighted by molar-refractivity contribution is 6.05. The van der Waals surface area contributed by atoms with Crippen LogP contribution in [0.1, 0.15) is 52.0 Å². The third-order valence-electron chi connectivity index (χ3n) is 8.97. The molecule has 4 aliphatic rings. The number of nitrogens with zero attached hydrogens (tertiary/aromatic N) is 4. The van der Waals surface area contributed by atoms with Crippen LogP contribution in [0.3, 0.4) is 0 Å². The number of imide groups is 1. The zero-order valence-electron chi connectivity index (χ0n) is 23.6. The molecule has 41 heavy (non-hydrogen) atoms. The Balaban J connectivity index is 1.04. The van der Waals surface area contributed by atoms with Crippen molar-refractivity contribution in [1.82, 2.24) is 20.4 Å². The monoisotopic (exact) mass is 558 g/mol. The second-order valence-electron chi connectivity index (χ2n) is 11.6. The average Bonchev–Trinajstić information content (AvgIpc) is 3.32. The summed E-state index contributed by atoms with van der Waals surface area (Å²) in [5.41, 5.74) is 4.46. The summed E-state index contributed by atoms with van der Waals surface area (Å²) in [6.45, 7) is 6.62. The zero-order valence-corrected chi connectivity index (χ0v) is 23.6. The Morgan fingerprint density at radius 1 is 0.902 bits per heavy atom. The van der Waals surface area contributed by atoms with Crippen molar-refractivity contribution in [3.8, 4) is 0 Å². The number of fused-ring (bicyclic) bond motifs is 1. The van der Waals surface area contributed by atoms with E-state index in [9.17, 15) is 19.2 Å². The molecule has 4 amide bonds. The molecule has 0 radical (unpaired) electrons. The van der Waals surface area contributed by atoms with Crippen molar-refractivity contribution in [2.24, 2.45) is 5.92 Å². The van der Waals surface area contributed by atoms with Gasteiger partial charge in [-0.1, -0.05) is 0 Å². The van der Waals surface area contributed by atoms with Gasteiger partial charge in [0.1, 0.15) is 6.04 Å². The Hall–Kier alpha value is -3.92. The van der Waals surface area contributed by atoms with Gasteiger partial charge in [0.2, 0.25) is 11.8 Å². The van der Waals surface area contributed by atoms with Gasteiger partial charge in [-0.25, -0.2) is 0 Å². The van der Waals surface area contributed by atoms with Gasteiger partial charge in [-0.15, -0.1) is 0 Å². The molecule has 0 aromatic heterocycles. The van der Waals surface area contributed by atoms with Gasteiger partial charge in [0.05, 0.1) is 0 Å². The number of carbonyl (C=O) groups excluding carboxylic acids is 4. The summed E-state index contributed by atoms with van der Waals surface area (Å²) in [5.74, 6) is -0.176. The topological polar surface area (TPSA) is 105 Å². The van der Waals surface area contributed by atoms with E-state index in [2.05, 4.69) is 26.5 Å².